The molecular weight excluding hydrogens is 302 g/mol. The fourth-order valence-electron chi connectivity index (χ4n) is 1.35. The summed E-state index contributed by atoms with van der Waals surface area (Å²) in [5.41, 5.74) is -0.171. The van der Waals surface area contributed by atoms with Crippen LogP contribution < -0.4 is 10.1 Å². The van der Waals surface area contributed by atoms with Crippen molar-refractivity contribution in [1.82, 2.24) is 10.2 Å². The number of benzene rings is 1. The second kappa shape index (κ2) is 7.44. The van der Waals surface area contributed by atoms with E-state index >= 15 is 0 Å². The van der Waals surface area contributed by atoms with Gasteiger partial charge in [-0.1, -0.05) is 11.6 Å². The van der Waals surface area contributed by atoms with Gasteiger partial charge in [0.15, 0.2) is 6.61 Å². The van der Waals surface area contributed by atoms with E-state index in [1.807, 2.05) is 0 Å². The number of carbonyl (C=O) groups excluding carboxylic acids is 2. The first-order chi connectivity index (χ1) is 9.85. The first-order valence-corrected chi connectivity index (χ1v) is 6.24. The van der Waals surface area contributed by atoms with Crippen molar-refractivity contribution in [3.63, 3.8) is 0 Å². The van der Waals surface area contributed by atoms with Crippen LogP contribution in [0.4, 0.5) is 5.69 Å². The van der Waals surface area contributed by atoms with E-state index in [9.17, 15) is 19.7 Å². The third-order valence-corrected chi connectivity index (χ3v) is 2.86. The molecule has 0 spiro atoms. The van der Waals surface area contributed by atoms with Gasteiger partial charge in [-0.05, 0) is 6.07 Å². The number of carbonyl (C=O) groups is 2. The van der Waals surface area contributed by atoms with Crippen molar-refractivity contribution in [3.05, 3.63) is 33.3 Å². The summed E-state index contributed by atoms with van der Waals surface area (Å²) in [4.78, 5) is 34.0. The van der Waals surface area contributed by atoms with Gasteiger partial charge in [0.25, 0.3) is 11.6 Å². The average molecular weight is 316 g/mol. The summed E-state index contributed by atoms with van der Waals surface area (Å²) in [5, 5.41) is 13.0. The van der Waals surface area contributed by atoms with Gasteiger partial charge in [-0.15, -0.1) is 0 Å². The molecule has 2 amide bonds. The molecule has 0 saturated carbocycles. The Morgan fingerprint density at radius 2 is 2.14 bits per heavy atom. The number of ether oxygens (including phenoxy) is 1. The van der Waals surface area contributed by atoms with Crippen molar-refractivity contribution in [2.24, 2.45) is 0 Å². The summed E-state index contributed by atoms with van der Waals surface area (Å²) in [6.07, 6.45) is 0. The van der Waals surface area contributed by atoms with Crippen molar-refractivity contribution in [2.45, 2.75) is 0 Å². The van der Waals surface area contributed by atoms with Crippen LogP contribution in [0.25, 0.3) is 0 Å². The molecule has 0 bridgehead atoms. The number of hydrogen-bond donors (Lipinski definition) is 1. The van der Waals surface area contributed by atoms with Crippen LogP contribution >= 0.6 is 11.6 Å². The second-order valence-electron chi connectivity index (χ2n) is 4.08. The molecule has 0 heterocycles. The molecule has 1 rings (SSSR count). The zero-order chi connectivity index (χ0) is 16.0. The lowest BCUT2D eigenvalue weighted by atomic mass is 10.3. The highest BCUT2D eigenvalue weighted by Gasteiger charge is 2.15. The quantitative estimate of drug-likeness (QED) is 0.619. The van der Waals surface area contributed by atoms with Crippen LogP contribution in [0.1, 0.15) is 0 Å². The fourth-order valence-corrected chi connectivity index (χ4v) is 1.58. The second-order valence-corrected chi connectivity index (χ2v) is 4.49. The third kappa shape index (κ3) is 4.92. The predicted octanol–water partition coefficient (Wildman–Crippen LogP) is 0.831. The molecule has 21 heavy (non-hydrogen) atoms. The summed E-state index contributed by atoms with van der Waals surface area (Å²) >= 11 is 5.82. The van der Waals surface area contributed by atoms with Crippen molar-refractivity contribution >= 4 is 29.1 Å². The maximum atomic E-state index is 11.7. The Kier molecular flexibility index (Phi) is 5.92. The highest BCUT2D eigenvalue weighted by Crippen LogP contribution is 2.28. The lowest BCUT2D eigenvalue weighted by Crippen LogP contribution is -2.39. The summed E-state index contributed by atoms with van der Waals surface area (Å²) in [5.74, 6) is -0.573. The SMILES string of the molecule is CNC(=O)CN(C)C(=O)COc1ccc([N+](=O)[O-])cc1Cl. The lowest BCUT2D eigenvalue weighted by Gasteiger charge is -2.16. The number of amides is 2. The van der Waals surface area contributed by atoms with E-state index in [1.165, 1.54) is 31.1 Å². The normalized spacial score (nSPS) is 9.86. The molecule has 0 radical (unpaired) electrons. The van der Waals surface area contributed by atoms with Gasteiger partial charge in [0, 0.05) is 26.2 Å². The molecule has 0 atom stereocenters. The summed E-state index contributed by atoms with van der Waals surface area (Å²) in [6, 6.07) is 3.67. The van der Waals surface area contributed by atoms with Gasteiger partial charge in [-0.25, -0.2) is 0 Å². The largest absolute Gasteiger partial charge is 0.482 e. The Morgan fingerprint density at radius 1 is 1.48 bits per heavy atom. The van der Waals surface area contributed by atoms with Crippen molar-refractivity contribution in [3.8, 4) is 5.75 Å². The highest BCUT2D eigenvalue weighted by molar-refractivity contribution is 6.32. The van der Waals surface area contributed by atoms with Crippen LogP contribution in [0, 0.1) is 10.1 Å². The summed E-state index contributed by atoms with van der Waals surface area (Å²) in [6.45, 7) is -0.419. The molecule has 0 fully saturated rings. The van der Waals surface area contributed by atoms with Crippen molar-refractivity contribution < 1.29 is 19.2 Å². The van der Waals surface area contributed by atoms with E-state index in [0.717, 1.165) is 6.07 Å². The van der Waals surface area contributed by atoms with Crippen LogP contribution in [0.3, 0.4) is 0 Å². The Hall–Kier alpha value is -2.35. The van der Waals surface area contributed by atoms with Gasteiger partial charge >= 0.3 is 0 Å². The molecule has 8 nitrogen and oxygen atoms in total. The van der Waals surface area contributed by atoms with Crippen LogP contribution in [-0.2, 0) is 9.59 Å². The number of nitro groups is 1. The molecule has 0 aliphatic carbocycles. The highest BCUT2D eigenvalue weighted by atomic mass is 35.5. The van der Waals surface area contributed by atoms with Crippen LogP contribution in [0.5, 0.6) is 5.75 Å². The predicted molar refractivity (Wildman–Crippen MR) is 75.3 cm³/mol. The first-order valence-electron chi connectivity index (χ1n) is 5.86. The molecular formula is C12H14ClN3O5. The molecule has 0 unspecified atom stereocenters. The molecule has 1 aromatic rings. The number of rotatable bonds is 6. The topological polar surface area (TPSA) is 102 Å². The van der Waals surface area contributed by atoms with E-state index in [2.05, 4.69) is 5.32 Å². The number of likely N-dealkylation sites (N-methyl/N-ethyl adjacent to an activating group) is 2. The van der Waals surface area contributed by atoms with Crippen molar-refractivity contribution in [1.29, 1.82) is 0 Å². The zero-order valence-corrected chi connectivity index (χ0v) is 12.2. The number of nitrogens with zero attached hydrogens (tertiary/aromatic N) is 2. The smallest absolute Gasteiger partial charge is 0.271 e. The Morgan fingerprint density at radius 3 is 2.67 bits per heavy atom. The number of hydrogen-bond acceptors (Lipinski definition) is 5. The van der Waals surface area contributed by atoms with Crippen LogP contribution in [0.2, 0.25) is 5.02 Å². The average Bonchev–Trinajstić information content (AvgIpc) is 2.45. The third-order valence-electron chi connectivity index (χ3n) is 2.56. The van der Waals surface area contributed by atoms with E-state index in [-0.39, 0.29) is 35.5 Å². The minimum atomic E-state index is -0.585. The standard InChI is InChI=1S/C12H14ClN3O5/c1-14-11(17)6-15(2)12(18)7-21-10-4-3-8(16(19)20)5-9(10)13/h3-5H,6-7H2,1-2H3,(H,14,17). The van der Waals surface area contributed by atoms with Gasteiger partial charge in [0.1, 0.15) is 5.75 Å². The maximum absolute atomic E-state index is 11.7. The van der Waals surface area contributed by atoms with E-state index in [0.29, 0.717) is 0 Å². The Labute approximate surface area is 125 Å². The minimum absolute atomic E-state index is 0.0333. The van der Waals surface area contributed by atoms with Gasteiger partial charge in [0.05, 0.1) is 16.5 Å². The molecule has 0 aliphatic heterocycles. The van der Waals surface area contributed by atoms with Gasteiger partial charge in [-0.2, -0.15) is 0 Å². The molecule has 0 saturated heterocycles. The maximum Gasteiger partial charge on any atom is 0.271 e. The summed E-state index contributed by atoms with van der Waals surface area (Å²) < 4.78 is 5.19. The Balaban J connectivity index is 2.61. The van der Waals surface area contributed by atoms with Crippen LogP contribution in [-0.4, -0.2) is 48.9 Å². The van der Waals surface area contributed by atoms with Gasteiger partial charge in [-0.3, -0.25) is 19.7 Å². The Bertz CT molecular complexity index is 564. The summed E-state index contributed by atoms with van der Waals surface area (Å²) in [7, 11) is 2.92. The molecule has 0 aromatic heterocycles. The van der Waals surface area contributed by atoms with Gasteiger partial charge in [0.2, 0.25) is 5.91 Å². The van der Waals surface area contributed by atoms with E-state index < -0.39 is 10.8 Å². The zero-order valence-electron chi connectivity index (χ0n) is 11.5. The molecule has 0 aliphatic rings. The fraction of sp³-hybridized carbons (Fsp3) is 0.333. The van der Waals surface area contributed by atoms with E-state index in [4.69, 9.17) is 16.3 Å². The van der Waals surface area contributed by atoms with Crippen molar-refractivity contribution in [2.75, 3.05) is 27.2 Å². The number of halogens is 1. The van der Waals surface area contributed by atoms with Gasteiger partial charge < -0.3 is 15.0 Å². The van der Waals surface area contributed by atoms with Crippen LogP contribution in [0.15, 0.2) is 18.2 Å². The number of nitro benzene ring substituents is 1. The number of non-ortho nitro benzene ring substituents is 1. The first kappa shape index (κ1) is 16.7. The lowest BCUT2D eigenvalue weighted by molar-refractivity contribution is -0.384. The number of nitrogens with one attached hydrogen (secondary N) is 1. The van der Waals surface area contributed by atoms with E-state index in [1.54, 1.807) is 0 Å². The molecule has 114 valence electrons. The minimum Gasteiger partial charge on any atom is -0.482 e. The molecule has 1 aromatic carbocycles. The monoisotopic (exact) mass is 315 g/mol. The molecule has 1 N–H and O–H groups in total. The molecule has 9 heteroatoms.